The summed E-state index contributed by atoms with van der Waals surface area (Å²) in [5, 5.41) is 64.5. The molecule has 1 amide bonds. The van der Waals surface area contributed by atoms with Gasteiger partial charge in [-0.1, -0.05) is 179 Å². The Balaban J connectivity index is 2.45. The third kappa shape index (κ3) is 25.0. The van der Waals surface area contributed by atoms with Crippen LogP contribution in [0.15, 0.2) is 24.3 Å². The van der Waals surface area contributed by atoms with Crippen molar-refractivity contribution in [3.05, 3.63) is 24.3 Å². The molecule has 0 radical (unpaired) electrons. The molecule has 1 aliphatic heterocycles. The highest BCUT2D eigenvalue weighted by molar-refractivity contribution is 5.80. The Morgan fingerprint density at radius 2 is 1.09 bits per heavy atom. The second-order valence-electron chi connectivity index (χ2n) is 15.6. The maximum Gasteiger partial charge on any atom is 0.249 e. The summed E-state index contributed by atoms with van der Waals surface area (Å²) in [6, 6.07) is -0.991. The van der Waals surface area contributed by atoms with Crippen molar-refractivity contribution in [1.82, 2.24) is 5.32 Å². The second-order valence-corrected chi connectivity index (χ2v) is 15.6. The Labute approximate surface area is 329 Å². The topological polar surface area (TPSA) is 169 Å². The van der Waals surface area contributed by atoms with Crippen LogP contribution in [0.1, 0.15) is 187 Å². The molecule has 1 heterocycles. The molecule has 1 fully saturated rings. The van der Waals surface area contributed by atoms with Crippen molar-refractivity contribution in [3.63, 3.8) is 0 Å². The minimum atomic E-state index is -1.61. The van der Waals surface area contributed by atoms with Gasteiger partial charge in [0.15, 0.2) is 6.29 Å². The fraction of sp³-hybridized carbons (Fsp3) is 0.886. The van der Waals surface area contributed by atoms with Gasteiger partial charge in [0.05, 0.1) is 25.4 Å². The van der Waals surface area contributed by atoms with Gasteiger partial charge >= 0.3 is 0 Å². The molecule has 318 valence electrons. The molecule has 0 spiro atoms. The van der Waals surface area contributed by atoms with E-state index >= 15 is 0 Å². The van der Waals surface area contributed by atoms with Crippen LogP contribution < -0.4 is 5.32 Å². The number of allylic oxidation sites excluding steroid dienone is 3. The van der Waals surface area contributed by atoms with Gasteiger partial charge in [0, 0.05) is 0 Å². The molecular weight excluding hydrogens is 686 g/mol. The third-order valence-corrected chi connectivity index (χ3v) is 10.6. The Kier molecular flexibility index (Phi) is 32.7. The summed E-state index contributed by atoms with van der Waals surface area (Å²) in [7, 11) is 0. The first-order valence-corrected chi connectivity index (χ1v) is 22.2. The van der Waals surface area contributed by atoms with E-state index in [-0.39, 0.29) is 6.61 Å². The van der Waals surface area contributed by atoms with Crippen molar-refractivity contribution in [1.29, 1.82) is 0 Å². The molecule has 54 heavy (non-hydrogen) atoms. The Hall–Kier alpha value is -1.37. The summed E-state index contributed by atoms with van der Waals surface area (Å²) >= 11 is 0. The van der Waals surface area contributed by atoms with E-state index in [9.17, 15) is 35.4 Å². The Morgan fingerprint density at radius 1 is 0.630 bits per heavy atom. The van der Waals surface area contributed by atoms with Gasteiger partial charge in [0.25, 0.3) is 0 Å². The minimum absolute atomic E-state index is 0.307. The van der Waals surface area contributed by atoms with E-state index in [1.54, 1.807) is 6.08 Å². The number of unbranched alkanes of at least 4 members (excludes halogenated alkanes) is 23. The van der Waals surface area contributed by atoms with Crippen LogP contribution in [-0.2, 0) is 14.3 Å². The molecule has 1 rings (SSSR count). The van der Waals surface area contributed by atoms with Crippen molar-refractivity contribution in [3.8, 4) is 0 Å². The van der Waals surface area contributed by atoms with Gasteiger partial charge in [-0.2, -0.15) is 0 Å². The van der Waals surface area contributed by atoms with E-state index in [2.05, 4.69) is 31.3 Å². The molecule has 0 aromatic carbocycles. The fourth-order valence-corrected chi connectivity index (χ4v) is 6.94. The van der Waals surface area contributed by atoms with Crippen molar-refractivity contribution in [2.75, 3.05) is 13.2 Å². The lowest BCUT2D eigenvalue weighted by Crippen LogP contribution is -2.60. The SMILES string of the molecule is CCCCCCCCCC=CCC/C=C/[C@@H](O)[C@H](CO[C@@H]1O[C@H](CO)[C@@H](O)[C@H](O)[C@H]1O)NC(=O)C(O)CCCCCCCCCCCCCCCCCC. The summed E-state index contributed by atoms with van der Waals surface area (Å²) in [4.78, 5) is 13.0. The number of amides is 1. The van der Waals surface area contributed by atoms with Crippen LogP contribution in [0.2, 0.25) is 0 Å². The Bertz CT molecular complexity index is 916. The van der Waals surface area contributed by atoms with Crippen LogP contribution in [-0.4, -0.2) is 98.7 Å². The summed E-state index contributed by atoms with van der Waals surface area (Å²) in [6.45, 7) is 3.57. The molecule has 0 bridgehead atoms. The molecule has 1 aliphatic rings. The molecule has 0 aromatic heterocycles. The number of aliphatic hydroxyl groups excluding tert-OH is 6. The predicted molar refractivity (Wildman–Crippen MR) is 218 cm³/mol. The van der Waals surface area contributed by atoms with Crippen LogP contribution in [0, 0.1) is 0 Å². The first kappa shape index (κ1) is 50.6. The highest BCUT2D eigenvalue weighted by Crippen LogP contribution is 2.22. The molecule has 10 nitrogen and oxygen atoms in total. The number of nitrogens with one attached hydrogen (secondary N) is 1. The average Bonchev–Trinajstić information content (AvgIpc) is 3.17. The van der Waals surface area contributed by atoms with Gasteiger partial charge < -0.3 is 45.4 Å². The Morgan fingerprint density at radius 3 is 1.61 bits per heavy atom. The van der Waals surface area contributed by atoms with Crippen LogP contribution in [0.25, 0.3) is 0 Å². The van der Waals surface area contributed by atoms with Crippen molar-refractivity contribution in [2.24, 2.45) is 0 Å². The molecule has 0 aliphatic carbocycles. The van der Waals surface area contributed by atoms with E-state index in [1.807, 2.05) is 6.08 Å². The average molecular weight is 770 g/mol. The molecule has 0 aromatic rings. The van der Waals surface area contributed by atoms with Crippen LogP contribution in [0.4, 0.5) is 0 Å². The summed E-state index contributed by atoms with van der Waals surface area (Å²) in [6.07, 6.45) is 29.8. The molecule has 1 unspecified atom stereocenters. The molecule has 1 saturated heterocycles. The monoisotopic (exact) mass is 770 g/mol. The maximum absolute atomic E-state index is 13.0. The van der Waals surface area contributed by atoms with E-state index < -0.39 is 61.5 Å². The van der Waals surface area contributed by atoms with Crippen molar-refractivity contribution >= 4 is 5.91 Å². The maximum atomic E-state index is 13.0. The zero-order valence-corrected chi connectivity index (χ0v) is 34.3. The number of hydrogen-bond acceptors (Lipinski definition) is 9. The fourth-order valence-electron chi connectivity index (χ4n) is 6.94. The number of ether oxygens (including phenoxy) is 2. The third-order valence-electron chi connectivity index (χ3n) is 10.6. The second kappa shape index (κ2) is 34.8. The highest BCUT2D eigenvalue weighted by atomic mass is 16.7. The van der Waals surface area contributed by atoms with Gasteiger partial charge in [0.2, 0.25) is 5.91 Å². The van der Waals surface area contributed by atoms with E-state index in [4.69, 9.17) is 9.47 Å². The molecular formula is C44H83NO9. The smallest absolute Gasteiger partial charge is 0.249 e. The zero-order chi connectivity index (χ0) is 39.7. The highest BCUT2D eigenvalue weighted by Gasteiger charge is 2.44. The van der Waals surface area contributed by atoms with Gasteiger partial charge in [-0.15, -0.1) is 0 Å². The molecule has 8 atom stereocenters. The lowest BCUT2D eigenvalue weighted by atomic mass is 9.99. The zero-order valence-electron chi connectivity index (χ0n) is 34.3. The van der Waals surface area contributed by atoms with Crippen molar-refractivity contribution < 1.29 is 44.9 Å². The van der Waals surface area contributed by atoms with Crippen LogP contribution in [0.3, 0.4) is 0 Å². The largest absolute Gasteiger partial charge is 0.394 e. The quantitative estimate of drug-likeness (QED) is 0.0250. The number of hydrogen-bond donors (Lipinski definition) is 7. The number of carbonyl (C=O) groups excluding carboxylic acids is 1. The summed E-state index contributed by atoms with van der Waals surface area (Å²) < 4.78 is 11.1. The minimum Gasteiger partial charge on any atom is -0.394 e. The van der Waals surface area contributed by atoms with Gasteiger partial charge in [-0.25, -0.2) is 0 Å². The number of aliphatic hydroxyl groups is 6. The lowest BCUT2D eigenvalue weighted by Gasteiger charge is -2.40. The van der Waals surface area contributed by atoms with Gasteiger partial charge in [-0.3, -0.25) is 4.79 Å². The van der Waals surface area contributed by atoms with Crippen LogP contribution >= 0.6 is 0 Å². The first-order valence-electron chi connectivity index (χ1n) is 22.2. The van der Waals surface area contributed by atoms with E-state index in [0.29, 0.717) is 19.3 Å². The number of carbonyl (C=O) groups is 1. The molecule has 0 saturated carbocycles. The number of rotatable bonds is 36. The lowest BCUT2D eigenvalue weighted by molar-refractivity contribution is -0.302. The molecule has 7 N–H and O–H groups in total. The predicted octanol–water partition coefficient (Wildman–Crippen LogP) is 7.69. The van der Waals surface area contributed by atoms with Gasteiger partial charge in [0.1, 0.15) is 30.5 Å². The molecule has 10 heteroatoms. The van der Waals surface area contributed by atoms with E-state index in [0.717, 1.165) is 32.1 Å². The normalized spacial score (nSPS) is 22.3. The van der Waals surface area contributed by atoms with Crippen LogP contribution in [0.5, 0.6) is 0 Å². The standard InChI is InChI=1S/C44H83NO9/c1-3-5-7-9-11-13-15-17-18-19-21-23-25-27-29-31-33-38(48)43(52)45-36(35-53-44-42(51)41(50)40(49)39(34-46)54-44)37(47)32-30-28-26-24-22-20-16-14-12-10-8-6-4-2/h22,24,30,32,36-42,44,46-51H,3-21,23,25-29,31,33-35H2,1-2H3,(H,45,52)/b24-22?,32-30+/t36-,37+,38?,39+,40+,41-,42+,44+/m0/s1. The van der Waals surface area contributed by atoms with E-state index in [1.165, 1.54) is 122 Å². The first-order chi connectivity index (χ1) is 26.3. The summed E-state index contributed by atoms with van der Waals surface area (Å²) in [5.41, 5.74) is 0. The van der Waals surface area contributed by atoms with Crippen molar-refractivity contribution in [2.45, 2.75) is 236 Å². The summed E-state index contributed by atoms with van der Waals surface area (Å²) in [5.74, 6) is -0.626. The van der Waals surface area contributed by atoms with Gasteiger partial charge in [-0.05, 0) is 32.1 Å².